The van der Waals surface area contributed by atoms with E-state index in [1.807, 2.05) is 0 Å². The number of carbonyl (C=O) groups is 2. The Kier molecular flexibility index (Phi) is 3.54. The van der Waals surface area contributed by atoms with Gasteiger partial charge in [-0.2, -0.15) is 0 Å². The molecule has 0 aromatic carbocycles. The highest BCUT2D eigenvalue weighted by Crippen LogP contribution is 2.29. The summed E-state index contributed by atoms with van der Waals surface area (Å²) in [5, 5.41) is 12.6. The van der Waals surface area contributed by atoms with Gasteiger partial charge >= 0.3 is 6.09 Å². The van der Waals surface area contributed by atoms with Crippen LogP contribution in [-0.4, -0.2) is 29.1 Å². The van der Waals surface area contributed by atoms with Crippen LogP contribution in [0.2, 0.25) is 0 Å². The lowest BCUT2D eigenvalue weighted by Gasteiger charge is -2.30. The predicted molar refractivity (Wildman–Crippen MR) is 69.0 cm³/mol. The molecule has 0 fully saturated rings. The van der Waals surface area contributed by atoms with Crippen molar-refractivity contribution in [2.24, 2.45) is 0 Å². The third kappa shape index (κ3) is 3.07. The topological polar surface area (TPSA) is 69.7 Å². The number of hydrogen-bond donors (Lipinski definition) is 0. The molecule has 6 heteroatoms. The molecule has 2 heterocycles. The van der Waals surface area contributed by atoms with E-state index in [0.717, 1.165) is 4.88 Å². The molecule has 1 aliphatic rings. The van der Waals surface area contributed by atoms with E-state index in [4.69, 9.17) is 4.74 Å². The lowest BCUT2D eigenvalue weighted by molar-refractivity contribution is -0.255. The second-order valence-corrected chi connectivity index (χ2v) is 6.45. The van der Waals surface area contributed by atoms with E-state index in [0.29, 0.717) is 18.5 Å². The van der Waals surface area contributed by atoms with Gasteiger partial charge in [-0.05, 0) is 32.8 Å². The van der Waals surface area contributed by atoms with Crippen molar-refractivity contribution in [2.75, 3.05) is 6.54 Å². The molecule has 0 unspecified atom stereocenters. The second-order valence-electron chi connectivity index (χ2n) is 5.49. The van der Waals surface area contributed by atoms with Gasteiger partial charge in [0.25, 0.3) is 0 Å². The molecule has 1 aromatic heterocycles. The highest BCUT2D eigenvalue weighted by molar-refractivity contribution is 7.10. The molecule has 0 atom stereocenters. The first-order valence-electron chi connectivity index (χ1n) is 6.06. The molecule has 2 rings (SSSR count). The van der Waals surface area contributed by atoms with Gasteiger partial charge in [-0.25, -0.2) is 4.79 Å². The lowest BCUT2D eigenvalue weighted by atomic mass is 10.1. The van der Waals surface area contributed by atoms with Gasteiger partial charge in [0.15, 0.2) is 0 Å². The first-order chi connectivity index (χ1) is 8.78. The maximum absolute atomic E-state index is 12.0. The monoisotopic (exact) mass is 282 g/mol. The summed E-state index contributed by atoms with van der Waals surface area (Å²) in [5.74, 6) is -1.19. The fraction of sp³-hybridized carbons (Fsp3) is 0.538. The fourth-order valence-corrected chi connectivity index (χ4v) is 2.99. The van der Waals surface area contributed by atoms with E-state index in [1.54, 1.807) is 26.2 Å². The number of ether oxygens (including phenoxy) is 1. The molecule has 1 aliphatic heterocycles. The predicted octanol–water partition coefficient (Wildman–Crippen LogP) is 1.40. The summed E-state index contributed by atoms with van der Waals surface area (Å²) in [5.41, 5.74) is 0.318. The van der Waals surface area contributed by atoms with Crippen molar-refractivity contribution in [1.82, 2.24) is 4.90 Å². The van der Waals surface area contributed by atoms with Gasteiger partial charge in [-0.1, -0.05) is 0 Å². The average Bonchev–Trinajstić information content (AvgIpc) is 2.68. The van der Waals surface area contributed by atoms with Crippen LogP contribution in [0.5, 0.6) is 0 Å². The SMILES string of the molecule is CC(C)(C)OC(=O)N1CCc2scc(C(=O)[O-])c2C1. The van der Waals surface area contributed by atoms with Crippen molar-refractivity contribution in [1.29, 1.82) is 0 Å². The molecule has 0 radical (unpaired) electrons. The molecular weight excluding hydrogens is 266 g/mol. The van der Waals surface area contributed by atoms with Crippen molar-refractivity contribution in [3.8, 4) is 0 Å². The Hall–Kier alpha value is -1.56. The summed E-state index contributed by atoms with van der Waals surface area (Å²) in [6.45, 7) is 6.23. The maximum atomic E-state index is 12.0. The molecule has 5 nitrogen and oxygen atoms in total. The van der Waals surface area contributed by atoms with Crippen LogP contribution in [-0.2, 0) is 17.7 Å². The number of amides is 1. The van der Waals surface area contributed by atoms with Crippen LogP contribution < -0.4 is 5.11 Å². The molecule has 0 bridgehead atoms. The highest BCUT2D eigenvalue weighted by Gasteiger charge is 2.27. The number of aromatic carboxylic acids is 1. The number of rotatable bonds is 1. The Morgan fingerprint density at radius 3 is 2.68 bits per heavy atom. The zero-order valence-corrected chi connectivity index (χ0v) is 12.0. The van der Waals surface area contributed by atoms with Gasteiger partial charge in [0.2, 0.25) is 0 Å². The smallest absolute Gasteiger partial charge is 0.410 e. The van der Waals surface area contributed by atoms with Gasteiger partial charge in [-0.15, -0.1) is 11.3 Å². The molecule has 1 amide bonds. The first kappa shape index (κ1) is 13.9. The van der Waals surface area contributed by atoms with E-state index in [-0.39, 0.29) is 12.1 Å². The zero-order chi connectivity index (χ0) is 14.2. The molecule has 1 aromatic rings. The Morgan fingerprint density at radius 1 is 1.42 bits per heavy atom. The molecule has 0 saturated heterocycles. The van der Waals surface area contributed by atoms with E-state index in [9.17, 15) is 14.7 Å². The Labute approximate surface area is 115 Å². The molecule has 0 aliphatic carbocycles. The number of nitrogens with zero attached hydrogens (tertiary/aromatic N) is 1. The van der Waals surface area contributed by atoms with Crippen molar-refractivity contribution < 1.29 is 19.4 Å². The lowest BCUT2D eigenvalue weighted by Crippen LogP contribution is -2.40. The van der Waals surface area contributed by atoms with Crippen molar-refractivity contribution in [3.05, 3.63) is 21.4 Å². The van der Waals surface area contributed by atoms with Gasteiger partial charge in [0.05, 0.1) is 12.5 Å². The van der Waals surface area contributed by atoms with Crippen LogP contribution >= 0.6 is 11.3 Å². The molecule has 0 spiro atoms. The highest BCUT2D eigenvalue weighted by atomic mass is 32.1. The summed E-state index contributed by atoms with van der Waals surface area (Å²) in [6.07, 6.45) is 0.251. The summed E-state index contributed by atoms with van der Waals surface area (Å²) < 4.78 is 5.30. The van der Waals surface area contributed by atoms with E-state index in [2.05, 4.69) is 0 Å². The van der Waals surface area contributed by atoms with Gasteiger partial charge in [0, 0.05) is 22.4 Å². The van der Waals surface area contributed by atoms with Gasteiger partial charge < -0.3 is 19.5 Å². The minimum atomic E-state index is -1.19. The number of carboxylic acids is 1. The van der Waals surface area contributed by atoms with Crippen LogP contribution in [0, 0.1) is 0 Å². The quantitative estimate of drug-likeness (QED) is 0.781. The van der Waals surface area contributed by atoms with Crippen LogP contribution in [0.4, 0.5) is 4.79 Å². The molecule has 19 heavy (non-hydrogen) atoms. The first-order valence-corrected chi connectivity index (χ1v) is 6.94. The number of carbonyl (C=O) groups excluding carboxylic acids is 2. The number of thiophene rings is 1. The Morgan fingerprint density at radius 2 is 2.11 bits per heavy atom. The summed E-state index contributed by atoms with van der Waals surface area (Å²) in [6, 6.07) is 0. The van der Waals surface area contributed by atoms with Crippen LogP contribution in [0.25, 0.3) is 0 Å². The number of carboxylic acid groups (broad SMARTS) is 1. The summed E-state index contributed by atoms with van der Waals surface area (Å²) in [4.78, 5) is 25.5. The largest absolute Gasteiger partial charge is 0.545 e. The minimum absolute atomic E-state index is 0.188. The van der Waals surface area contributed by atoms with Crippen LogP contribution in [0.1, 0.15) is 41.6 Å². The summed E-state index contributed by atoms with van der Waals surface area (Å²) >= 11 is 1.41. The normalized spacial score (nSPS) is 15.0. The molecule has 104 valence electrons. The fourth-order valence-electron chi connectivity index (χ4n) is 1.97. The third-order valence-electron chi connectivity index (χ3n) is 2.81. The Bertz CT molecular complexity index is 515. The van der Waals surface area contributed by atoms with Crippen molar-refractivity contribution in [2.45, 2.75) is 39.3 Å². The Balaban J connectivity index is 2.15. The van der Waals surface area contributed by atoms with Crippen LogP contribution in [0.3, 0.4) is 0 Å². The second kappa shape index (κ2) is 4.85. The van der Waals surface area contributed by atoms with Crippen molar-refractivity contribution in [3.63, 3.8) is 0 Å². The molecule has 0 saturated carbocycles. The standard InChI is InChI=1S/C13H17NO4S/c1-13(2,3)18-12(17)14-5-4-10-8(6-14)9(7-19-10)11(15)16/h7H,4-6H2,1-3H3,(H,15,16)/p-1. The molecule has 0 N–H and O–H groups in total. The maximum Gasteiger partial charge on any atom is 0.410 e. The van der Waals surface area contributed by atoms with Gasteiger partial charge in [0.1, 0.15) is 5.60 Å². The van der Waals surface area contributed by atoms with E-state index in [1.165, 1.54) is 16.2 Å². The van der Waals surface area contributed by atoms with E-state index < -0.39 is 17.7 Å². The zero-order valence-electron chi connectivity index (χ0n) is 11.2. The summed E-state index contributed by atoms with van der Waals surface area (Å²) in [7, 11) is 0. The van der Waals surface area contributed by atoms with Gasteiger partial charge in [-0.3, -0.25) is 0 Å². The van der Waals surface area contributed by atoms with E-state index >= 15 is 0 Å². The number of hydrogen-bond acceptors (Lipinski definition) is 5. The van der Waals surface area contributed by atoms with Crippen LogP contribution in [0.15, 0.2) is 5.38 Å². The molecular formula is C13H16NO4S-. The third-order valence-corrected chi connectivity index (χ3v) is 3.90. The average molecular weight is 282 g/mol. The number of fused-ring (bicyclic) bond motifs is 1. The minimum Gasteiger partial charge on any atom is -0.545 e. The van der Waals surface area contributed by atoms with Crippen molar-refractivity contribution >= 4 is 23.4 Å².